The number of H-pyrrole nitrogens is 1. The van der Waals surface area contributed by atoms with Crippen molar-refractivity contribution in [3.8, 4) is 5.75 Å². The van der Waals surface area contributed by atoms with Gasteiger partial charge in [0.2, 0.25) is 0 Å². The molecule has 2 fully saturated rings. The Morgan fingerprint density at radius 2 is 2.12 bits per heavy atom. The Labute approximate surface area is 148 Å². The number of benzene rings is 1. The Morgan fingerprint density at radius 1 is 1.28 bits per heavy atom. The zero-order valence-electron chi connectivity index (χ0n) is 15.0. The second-order valence-corrected chi connectivity index (χ2v) is 7.41. The predicted octanol–water partition coefficient (Wildman–Crippen LogP) is 3.60. The highest BCUT2D eigenvalue weighted by molar-refractivity contribution is 5.99. The number of carbonyl (C=O) groups is 1. The molecule has 2 heterocycles. The first-order valence-electron chi connectivity index (χ1n) is 9.15. The highest BCUT2D eigenvalue weighted by Crippen LogP contribution is 2.46. The molecule has 1 N–H and O–H groups in total. The van der Waals surface area contributed by atoms with Crippen LogP contribution in [-0.4, -0.2) is 49.2 Å². The van der Waals surface area contributed by atoms with Crippen molar-refractivity contribution in [2.75, 3.05) is 27.3 Å². The predicted molar refractivity (Wildman–Crippen MR) is 97.1 cm³/mol. The molecule has 25 heavy (non-hydrogen) atoms. The van der Waals surface area contributed by atoms with Gasteiger partial charge in [-0.05, 0) is 43.9 Å². The molecule has 0 unspecified atom stereocenters. The highest BCUT2D eigenvalue weighted by Gasteiger charge is 2.46. The average molecular weight is 342 g/mol. The maximum atomic E-state index is 13.1. The van der Waals surface area contributed by atoms with E-state index in [9.17, 15) is 4.79 Å². The molecule has 0 radical (unpaired) electrons. The third-order valence-corrected chi connectivity index (χ3v) is 6.08. The van der Waals surface area contributed by atoms with Crippen LogP contribution in [0.2, 0.25) is 0 Å². The first kappa shape index (κ1) is 16.5. The van der Waals surface area contributed by atoms with Crippen LogP contribution in [0.15, 0.2) is 24.3 Å². The van der Waals surface area contributed by atoms with Crippen LogP contribution in [0.4, 0.5) is 0 Å². The average Bonchev–Trinajstić information content (AvgIpc) is 3.24. The maximum Gasteiger partial charge on any atom is 0.270 e. The maximum absolute atomic E-state index is 13.1. The molecule has 5 nitrogen and oxygen atoms in total. The van der Waals surface area contributed by atoms with Crippen molar-refractivity contribution in [1.82, 2.24) is 9.88 Å². The lowest BCUT2D eigenvalue weighted by atomic mass is 9.76. The molecule has 2 aromatic rings. The van der Waals surface area contributed by atoms with E-state index in [0.717, 1.165) is 55.4 Å². The Balaban J connectivity index is 1.60. The van der Waals surface area contributed by atoms with Crippen molar-refractivity contribution in [3.63, 3.8) is 0 Å². The van der Waals surface area contributed by atoms with Crippen molar-refractivity contribution in [2.24, 2.45) is 5.41 Å². The van der Waals surface area contributed by atoms with Gasteiger partial charge in [0.05, 0.1) is 13.2 Å². The summed E-state index contributed by atoms with van der Waals surface area (Å²) in [6, 6.07) is 7.75. The van der Waals surface area contributed by atoms with Gasteiger partial charge in [0.1, 0.15) is 11.4 Å². The number of carbonyl (C=O) groups excluding carboxylic acids is 1. The number of ether oxygens (including phenoxy) is 2. The van der Waals surface area contributed by atoms with E-state index in [1.54, 1.807) is 7.11 Å². The van der Waals surface area contributed by atoms with E-state index in [4.69, 9.17) is 9.47 Å². The molecule has 1 amide bonds. The fourth-order valence-corrected chi connectivity index (χ4v) is 4.87. The molecular weight excluding hydrogens is 316 g/mol. The number of aromatic nitrogens is 1. The summed E-state index contributed by atoms with van der Waals surface area (Å²) in [4.78, 5) is 18.4. The Morgan fingerprint density at radius 3 is 2.92 bits per heavy atom. The second kappa shape index (κ2) is 6.37. The third-order valence-electron chi connectivity index (χ3n) is 6.08. The molecule has 2 atom stereocenters. The molecule has 4 rings (SSSR count). The minimum absolute atomic E-state index is 0.0825. The van der Waals surface area contributed by atoms with Gasteiger partial charge in [0, 0.05) is 36.5 Å². The van der Waals surface area contributed by atoms with Gasteiger partial charge in [-0.3, -0.25) is 4.79 Å². The number of aromatic amines is 1. The van der Waals surface area contributed by atoms with Crippen molar-refractivity contribution >= 4 is 16.8 Å². The lowest BCUT2D eigenvalue weighted by Crippen LogP contribution is -2.49. The molecule has 1 saturated carbocycles. The number of rotatable bonds is 3. The summed E-state index contributed by atoms with van der Waals surface area (Å²) in [7, 11) is 3.46. The first-order valence-corrected chi connectivity index (χ1v) is 9.15. The minimum Gasteiger partial charge on any atom is -0.496 e. The molecule has 1 aliphatic heterocycles. The van der Waals surface area contributed by atoms with Crippen LogP contribution < -0.4 is 4.74 Å². The lowest BCUT2D eigenvalue weighted by Gasteiger charge is -2.43. The van der Waals surface area contributed by atoms with Crippen LogP contribution in [0.25, 0.3) is 10.9 Å². The molecule has 2 aliphatic rings. The molecule has 1 aromatic carbocycles. The van der Waals surface area contributed by atoms with E-state index in [1.165, 1.54) is 6.42 Å². The minimum atomic E-state index is 0.0825. The van der Waals surface area contributed by atoms with Crippen LogP contribution in [0.5, 0.6) is 5.75 Å². The number of nitrogens with zero attached hydrogens (tertiary/aromatic N) is 1. The third kappa shape index (κ3) is 2.71. The zero-order chi connectivity index (χ0) is 17.4. The number of hydrogen-bond acceptors (Lipinski definition) is 3. The standard InChI is InChI=1S/C20H26N2O3/c1-24-17-7-3-6-15-14(17)12-16(21-15)19(23)22-11-5-10-20(13-22)9-4-8-18(20)25-2/h3,6-7,12,18,21H,4-5,8-11,13H2,1-2H3/t18-,20+/m1/s1. The van der Waals surface area contributed by atoms with Crippen molar-refractivity contribution in [3.05, 3.63) is 30.0 Å². The fraction of sp³-hybridized carbons (Fsp3) is 0.550. The smallest absolute Gasteiger partial charge is 0.270 e. The molecule has 1 spiro atoms. The molecule has 5 heteroatoms. The summed E-state index contributed by atoms with van der Waals surface area (Å²) in [6.07, 6.45) is 5.97. The van der Waals surface area contributed by atoms with Gasteiger partial charge in [-0.2, -0.15) is 0 Å². The van der Waals surface area contributed by atoms with E-state index in [2.05, 4.69) is 4.98 Å². The van der Waals surface area contributed by atoms with Crippen LogP contribution in [0, 0.1) is 5.41 Å². The zero-order valence-corrected chi connectivity index (χ0v) is 15.0. The van der Waals surface area contributed by atoms with Gasteiger partial charge in [-0.15, -0.1) is 0 Å². The van der Waals surface area contributed by atoms with Crippen LogP contribution >= 0.6 is 0 Å². The molecule has 1 aromatic heterocycles. The number of amides is 1. The van der Waals surface area contributed by atoms with Gasteiger partial charge in [0.15, 0.2) is 0 Å². The van der Waals surface area contributed by atoms with Gasteiger partial charge in [-0.1, -0.05) is 12.5 Å². The fourth-order valence-electron chi connectivity index (χ4n) is 4.87. The number of hydrogen-bond donors (Lipinski definition) is 1. The van der Waals surface area contributed by atoms with Gasteiger partial charge in [0.25, 0.3) is 5.91 Å². The second-order valence-electron chi connectivity index (χ2n) is 7.41. The van der Waals surface area contributed by atoms with E-state index < -0.39 is 0 Å². The summed E-state index contributed by atoms with van der Waals surface area (Å²) in [5, 5.41) is 0.954. The van der Waals surface area contributed by atoms with Crippen LogP contribution in [-0.2, 0) is 4.74 Å². The summed E-state index contributed by atoms with van der Waals surface area (Å²) in [6.45, 7) is 1.63. The SMILES string of the molecule is COc1cccc2[nH]c(C(=O)N3CCC[C@@]4(CCC[C@H]4OC)C3)cc12. The van der Waals surface area contributed by atoms with Crippen LogP contribution in [0.3, 0.4) is 0 Å². The highest BCUT2D eigenvalue weighted by atomic mass is 16.5. The molecular formula is C20H26N2O3. The van der Waals surface area contributed by atoms with Gasteiger partial charge >= 0.3 is 0 Å². The van der Waals surface area contributed by atoms with Gasteiger partial charge < -0.3 is 19.4 Å². The summed E-state index contributed by atoms with van der Waals surface area (Å²) in [5.41, 5.74) is 1.72. The Kier molecular flexibility index (Phi) is 4.20. The Bertz CT molecular complexity index is 784. The van der Waals surface area contributed by atoms with Gasteiger partial charge in [-0.25, -0.2) is 0 Å². The Hall–Kier alpha value is -2.01. The van der Waals surface area contributed by atoms with E-state index >= 15 is 0 Å². The molecule has 134 valence electrons. The topological polar surface area (TPSA) is 54.6 Å². The van der Waals surface area contributed by atoms with Crippen LogP contribution in [0.1, 0.15) is 42.6 Å². The summed E-state index contributed by atoms with van der Waals surface area (Å²) in [5.74, 6) is 0.872. The van der Waals surface area contributed by atoms with Crippen molar-refractivity contribution < 1.29 is 14.3 Å². The molecule has 1 aliphatic carbocycles. The first-order chi connectivity index (χ1) is 12.2. The quantitative estimate of drug-likeness (QED) is 0.927. The van der Waals surface area contributed by atoms with E-state index in [0.29, 0.717) is 5.69 Å². The monoisotopic (exact) mass is 342 g/mol. The lowest BCUT2D eigenvalue weighted by molar-refractivity contribution is -0.0296. The number of likely N-dealkylation sites (tertiary alicyclic amines) is 1. The number of nitrogens with one attached hydrogen (secondary N) is 1. The number of methoxy groups -OCH3 is 2. The number of piperidine rings is 1. The van der Waals surface area contributed by atoms with E-state index in [-0.39, 0.29) is 17.4 Å². The largest absolute Gasteiger partial charge is 0.496 e. The van der Waals surface area contributed by atoms with Crippen molar-refractivity contribution in [2.45, 2.75) is 38.2 Å². The summed E-state index contributed by atoms with van der Waals surface area (Å²) < 4.78 is 11.2. The number of fused-ring (bicyclic) bond motifs is 1. The summed E-state index contributed by atoms with van der Waals surface area (Å²) >= 11 is 0. The molecule has 1 saturated heterocycles. The van der Waals surface area contributed by atoms with E-state index in [1.807, 2.05) is 36.3 Å². The normalized spacial score (nSPS) is 26.5. The molecule has 0 bridgehead atoms. The van der Waals surface area contributed by atoms with Crippen molar-refractivity contribution in [1.29, 1.82) is 0 Å².